The first kappa shape index (κ1) is 12.8. The van der Waals surface area contributed by atoms with Crippen molar-refractivity contribution in [2.45, 2.75) is 40.0 Å². The SMILES string of the molecule is CCCc1[nH]c(C(=S)SCC)cc1CC. The normalized spacial score (nSPS) is 10.6. The van der Waals surface area contributed by atoms with Crippen LogP contribution < -0.4 is 0 Å². The van der Waals surface area contributed by atoms with Gasteiger partial charge in [0.1, 0.15) is 0 Å². The maximum atomic E-state index is 5.36. The van der Waals surface area contributed by atoms with Crippen LogP contribution in [0.3, 0.4) is 0 Å². The van der Waals surface area contributed by atoms with Gasteiger partial charge in [0.25, 0.3) is 0 Å². The Morgan fingerprint density at radius 2 is 2.13 bits per heavy atom. The number of H-pyrrole nitrogens is 1. The minimum absolute atomic E-state index is 0.995. The number of nitrogens with one attached hydrogen (secondary N) is 1. The average Bonchev–Trinajstić information content (AvgIpc) is 2.62. The number of aromatic amines is 1. The summed E-state index contributed by atoms with van der Waals surface area (Å²) >= 11 is 7.09. The van der Waals surface area contributed by atoms with Crippen LogP contribution in [0.2, 0.25) is 0 Å². The van der Waals surface area contributed by atoms with Crippen LogP contribution in [0, 0.1) is 0 Å². The van der Waals surface area contributed by atoms with Crippen LogP contribution in [0.5, 0.6) is 0 Å². The van der Waals surface area contributed by atoms with Crippen molar-refractivity contribution in [2.75, 3.05) is 5.75 Å². The second-order valence-electron chi connectivity index (χ2n) is 3.51. The van der Waals surface area contributed by atoms with Crippen molar-refractivity contribution in [1.29, 1.82) is 0 Å². The standard InChI is InChI=1S/C12H19NS2/c1-4-7-10-9(5-2)8-11(13-10)12(14)15-6-3/h8,13H,4-7H2,1-3H3. The van der Waals surface area contributed by atoms with E-state index in [9.17, 15) is 0 Å². The topological polar surface area (TPSA) is 15.8 Å². The van der Waals surface area contributed by atoms with E-state index in [2.05, 4.69) is 31.8 Å². The maximum absolute atomic E-state index is 5.36. The Kier molecular flexibility index (Phi) is 5.40. The van der Waals surface area contributed by atoms with Crippen LogP contribution in [-0.2, 0) is 12.8 Å². The van der Waals surface area contributed by atoms with E-state index >= 15 is 0 Å². The van der Waals surface area contributed by atoms with Crippen LogP contribution >= 0.6 is 24.0 Å². The minimum Gasteiger partial charge on any atom is -0.357 e. The largest absolute Gasteiger partial charge is 0.357 e. The van der Waals surface area contributed by atoms with Gasteiger partial charge < -0.3 is 4.98 Å². The first-order chi connectivity index (χ1) is 7.22. The van der Waals surface area contributed by atoms with Crippen molar-refractivity contribution in [3.63, 3.8) is 0 Å². The van der Waals surface area contributed by atoms with E-state index in [1.165, 1.54) is 17.7 Å². The molecule has 0 aromatic carbocycles. The van der Waals surface area contributed by atoms with Crippen molar-refractivity contribution < 1.29 is 0 Å². The first-order valence-electron chi connectivity index (χ1n) is 5.60. The monoisotopic (exact) mass is 241 g/mol. The number of thioether (sulfide) groups is 1. The molecule has 1 N–H and O–H groups in total. The molecule has 0 radical (unpaired) electrons. The highest BCUT2D eigenvalue weighted by atomic mass is 32.2. The molecule has 0 bridgehead atoms. The van der Waals surface area contributed by atoms with Crippen molar-refractivity contribution in [1.82, 2.24) is 4.98 Å². The summed E-state index contributed by atoms with van der Waals surface area (Å²) < 4.78 is 0.995. The third-order valence-electron chi connectivity index (χ3n) is 2.37. The summed E-state index contributed by atoms with van der Waals surface area (Å²) in [5.41, 5.74) is 3.93. The molecule has 1 rings (SSSR count). The van der Waals surface area contributed by atoms with Gasteiger partial charge in [0.15, 0.2) is 0 Å². The number of aromatic nitrogens is 1. The molecule has 0 aliphatic rings. The molecule has 3 heteroatoms. The van der Waals surface area contributed by atoms with Crippen molar-refractivity contribution in [3.05, 3.63) is 23.0 Å². The molecule has 0 saturated carbocycles. The minimum atomic E-state index is 0.995. The zero-order valence-electron chi connectivity index (χ0n) is 9.72. The molecule has 0 fully saturated rings. The Morgan fingerprint density at radius 3 is 2.67 bits per heavy atom. The Labute approximate surface area is 102 Å². The fraction of sp³-hybridized carbons (Fsp3) is 0.583. The molecule has 0 saturated heterocycles. The zero-order valence-corrected chi connectivity index (χ0v) is 11.4. The summed E-state index contributed by atoms with van der Waals surface area (Å²) in [4.78, 5) is 3.46. The summed E-state index contributed by atoms with van der Waals surface area (Å²) in [7, 11) is 0. The summed E-state index contributed by atoms with van der Waals surface area (Å²) in [6.45, 7) is 6.54. The van der Waals surface area contributed by atoms with E-state index in [0.29, 0.717) is 0 Å². The lowest BCUT2D eigenvalue weighted by molar-refractivity contribution is 0.872. The Hall–Kier alpha value is -0.280. The molecule has 0 unspecified atom stereocenters. The molecule has 0 aliphatic heterocycles. The maximum Gasteiger partial charge on any atom is 0.0941 e. The van der Waals surface area contributed by atoms with Crippen LogP contribution in [0.25, 0.3) is 0 Å². The fourth-order valence-electron chi connectivity index (χ4n) is 1.65. The fourth-order valence-corrected chi connectivity index (χ4v) is 2.64. The van der Waals surface area contributed by atoms with E-state index in [1.807, 2.05) is 0 Å². The van der Waals surface area contributed by atoms with Crippen molar-refractivity contribution >= 4 is 28.2 Å². The molecule has 0 aliphatic carbocycles. The van der Waals surface area contributed by atoms with E-state index in [4.69, 9.17) is 12.2 Å². The molecule has 84 valence electrons. The van der Waals surface area contributed by atoms with Gasteiger partial charge in [0.05, 0.1) is 9.89 Å². The second-order valence-corrected chi connectivity index (χ2v) is 5.45. The highest BCUT2D eigenvalue weighted by Gasteiger charge is 2.09. The number of thiocarbonyl (C=S) groups is 1. The molecule has 15 heavy (non-hydrogen) atoms. The zero-order chi connectivity index (χ0) is 11.3. The molecule has 1 aromatic heterocycles. The molecule has 1 heterocycles. The molecule has 0 amide bonds. The second kappa shape index (κ2) is 6.33. The van der Waals surface area contributed by atoms with Gasteiger partial charge in [-0.15, -0.1) is 11.8 Å². The number of rotatable bonds is 5. The van der Waals surface area contributed by atoms with E-state index in [-0.39, 0.29) is 0 Å². The van der Waals surface area contributed by atoms with Crippen LogP contribution in [-0.4, -0.2) is 14.9 Å². The summed E-state index contributed by atoms with van der Waals surface area (Å²) in [6, 6.07) is 2.22. The average molecular weight is 241 g/mol. The lowest BCUT2D eigenvalue weighted by Crippen LogP contribution is -1.93. The number of aryl methyl sites for hydroxylation is 2. The van der Waals surface area contributed by atoms with Crippen LogP contribution in [0.4, 0.5) is 0 Å². The summed E-state index contributed by atoms with van der Waals surface area (Å²) in [5, 5.41) is 0. The molecular weight excluding hydrogens is 222 g/mol. The highest BCUT2D eigenvalue weighted by Crippen LogP contribution is 2.19. The summed E-state index contributed by atoms with van der Waals surface area (Å²) in [5.74, 6) is 1.04. The van der Waals surface area contributed by atoms with E-state index in [0.717, 1.165) is 28.5 Å². The lowest BCUT2D eigenvalue weighted by atomic mass is 10.1. The Balaban J connectivity index is 2.86. The van der Waals surface area contributed by atoms with Gasteiger partial charge in [-0.25, -0.2) is 0 Å². The smallest absolute Gasteiger partial charge is 0.0941 e. The van der Waals surface area contributed by atoms with Gasteiger partial charge in [-0.2, -0.15) is 0 Å². The number of hydrogen-bond donors (Lipinski definition) is 1. The van der Waals surface area contributed by atoms with Crippen LogP contribution in [0.15, 0.2) is 6.07 Å². The third kappa shape index (κ3) is 3.35. The predicted octanol–water partition coefficient (Wildman–Crippen LogP) is 3.96. The van der Waals surface area contributed by atoms with Crippen molar-refractivity contribution in [3.8, 4) is 0 Å². The summed E-state index contributed by atoms with van der Waals surface area (Å²) in [6.07, 6.45) is 3.40. The van der Waals surface area contributed by atoms with E-state index in [1.54, 1.807) is 11.8 Å². The Morgan fingerprint density at radius 1 is 1.40 bits per heavy atom. The highest BCUT2D eigenvalue weighted by molar-refractivity contribution is 8.23. The molecule has 0 spiro atoms. The Bertz CT molecular complexity index is 328. The van der Waals surface area contributed by atoms with Gasteiger partial charge in [-0.3, -0.25) is 0 Å². The first-order valence-corrected chi connectivity index (χ1v) is 7.00. The molecular formula is C12H19NS2. The van der Waals surface area contributed by atoms with Gasteiger partial charge >= 0.3 is 0 Å². The lowest BCUT2D eigenvalue weighted by Gasteiger charge is -1.98. The molecule has 1 nitrogen and oxygen atoms in total. The third-order valence-corrected chi connectivity index (χ3v) is 3.71. The van der Waals surface area contributed by atoms with Gasteiger partial charge in [0.2, 0.25) is 0 Å². The number of hydrogen-bond acceptors (Lipinski definition) is 2. The quantitative estimate of drug-likeness (QED) is 0.785. The van der Waals surface area contributed by atoms with Crippen molar-refractivity contribution in [2.24, 2.45) is 0 Å². The predicted molar refractivity (Wildman–Crippen MR) is 74.0 cm³/mol. The molecule has 0 atom stereocenters. The van der Waals surface area contributed by atoms with E-state index < -0.39 is 0 Å². The van der Waals surface area contributed by atoms with Gasteiger partial charge in [0, 0.05) is 5.69 Å². The van der Waals surface area contributed by atoms with Crippen LogP contribution in [0.1, 0.15) is 44.1 Å². The van der Waals surface area contributed by atoms with Gasteiger partial charge in [-0.1, -0.05) is 39.4 Å². The van der Waals surface area contributed by atoms with Gasteiger partial charge in [-0.05, 0) is 30.2 Å². The molecule has 1 aromatic rings.